The molecule has 100 valence electrons. The van der Waals surface area contributed by atoms with Crippen LogP contribution in [0, 0.1) is 5.92 Å². The molecule has 0 unspecified atom stereocenters. The second-order valence-electron chi connectivity index (χ2n) is 5.04. The van der Waals surface area contributed by atoms with Crippen LogP contribution in [0.4, 0.5) is 11.4 Å². The molecular weight excluding hydrogens is 242 g/mol. The summed E-state index contributed by atoms with van der Waals surface area (Å²) in [6.07, 6.45) is 1.55. The fourth-order valence-electron chi connectivity index (χ4n) is 2.36. The third-order valence-electron chi connectivity index (χ3n) is 3.67. The lowest BCUT2D eigenvalue weighted by Crippen LogP contribution is -2.48. The van der Waals surface area contributed by atoms with Crippen LogP contribution >= 0.6 is 0 Å². The van der Waals surface area contributed by atoms with Crippen LogP contribution in [-0.4, -0.2) is 31.4 Å². The molecule has 3 rings (SSSR count). The van der Waals surface area contributed by atoms with Crippen molar-refractivity contribution in [3.8, 4) is 0 Å². The Kier molecular flexibility index (Phi) is 3.21. The number of nitrogens with one attached hydrogen (secondary N) is 2. The number of carbonyl (C=O) groups is 2. The van der Waals surface area contributed by atoms with Crippen LogP contribution in [0.15, 0.2) is 24.3 Å². The van der Waals surface area contributed by atoms with Crippen molar-refractivity contribution in [3.63, 3.8) is 0 Å². The summed E-state index contributed by atoms with van der Waals surface area (Å²) < 4.78 is 0. The number of hydrogen-bond acceptors (Lipinski definition) is 3. The predicted octanol–water partition coefficient (Wildman–Crippen LogP) is 0.971. The van der Waals surface area contributed by atoms with E-state index in [4.69, 9.17) is 0 Å². The van der Waals surface area contributed by atoms with Crippen molar-refractivity contribution in [3.05, 3.63) is 24.3 Å². The minimum atomic E-state index is 0.0590. The second kappa shape index (κ2) is 5.01. The van der Waals surface area contributed by atoms with E-state index < -0.39 is 0 Å². The Morgan fingerprint density at radius 3 is 2.53 bits per heavy atom. The maximum absolute atomic E-state index is 11.8. The van der Waals surface area contributed by atoms with E-state index in [-0.39, 0.29) is 17.7 Å². The average molecular weight is 259 g/mol. The van der Waals surface area contributed by atoms with E-state index in [0.29, 0.717) is 6.42 Å². The van der Waals surface area contributed by atoms with E-state index in [1.165, 1.54) is 0 Å². The average Bonchev–Trinajstić information content (AvgIpc) is 2.74. The van der Waals surface area contributed by atoms with E-state index in [1.54, 1.807) is 4.90 Å². The molecule has 1 aromatic carbocycles. The number of carbonyl (C=O) groups excluding carboxylic acids is 2. The third kappa shape index (κ3) is 2.46. The lowest BCUT2D eigenvalue weighted by atomic mass is 10.0. The molecule has 2 fully saturated rings. The molecule has 2 saturated heterocycles. The summed E-state index contributed by atoms with van der Waals surface area (Å²) in [5.74, 6) is 0.320. The molecule has 0 aliphatic carbocycles. The fraction of sp³-hybridized carbons (Fsp3) is 0.429. The van der Waals surface area contributed by atoms with E-state index in [9.17, 15) is 9.59 Å². The summed E-state index contributed by atoms with van der Waals surface area (Å²) in [6.45, 7) is 2.30. The van der Waals surface area contributed by atoms with Gasteiger partial charge in [0, 0.05) is 37.4 Å². The molecular formula is C14H17N3O2. The Morgan fingerprint density at radius 1 is 1.26 bits per heavy atom. The number of nitrogens with zero attached hydrogens (tertiary/aromatic N) is 1. The van der Waals surface area contributed by atoms with Gasteiger partial charge in [-0.15, -0.1) is 0 Å². The van der Waals surface area contributed by atoms with Crippen molar-refractivity contribution in [2.75, 3.05) is 29.9 Å². The SMILES string of the molecule is O=C(Nc1ccc(N2CCCC2=O)cc1)C1CNC1. The Balaban J connectivity index is 1.65. The Bertz CT molecular complexity index is 494. The van der Waals surface area contributed by atoms with Crippen LogP contribution in [0.2, 0.25) is 0 Å². The standard InChI is InChI=1S/C14H17N3O2/c18-13-2-1-7-17(13)12-5-3-11(4-6-12)16-14(19)10-8-15-9-10/h3-6,10,15H,1-2,7-9H2,(H,16,19). The van der Waals surface area contributed by atoms with Gasteiger partial charge in [-0.25, -0.2) is 0 Å². The highest BCUT2D eigenvalue weighted by Gasteiger charge is 2.25. The molecule has 5 heteroatoms. The highest BCUT2D eigenvalue weighted by molar-refractivity contribution is 5.96. The van der Waals surface area contributed by atoms with Gasteiger partial charge < -0.3 is 15.5 Å². The van der Waals surface area contributed by atoms with Gasteiger partial charge in [-0.3, -0.25) is 9.59 Å². The van der Waals surface area contributed by atoms with Gasteiger partial charge in [0.1, 0.15) is 0 Å². The first kappa shape index (κ1) is 12.2. The van der Waals surface area contributed by atoms with Gasteiger partial charge >= 0.3 is 0 Å². The van der Waals surface area contributed by atoms with Crippen LogP contribution in [0.3, 0.4) is 0 Å². The van der Waals surface area contributed by atoms with Gasteiger partial charge in [0.15, 0.2) is 0 Å². The molecule has 2 N–H and O–H groups in total. The summed E-state index contributed by atoms with van der Waals surface area (Å²) >= 11 is 0. The Labute approximate surface area is 112 Å². The summed E-state index contributed by atoms with van der Waals surface area (Å²) in [5, 5.41) is 5.96. The number of amides is 2. The molecule has 0 atom stereocenters. The summed E-state index contributed by atoms with van der Waals surface area (Å²) in [4.78, 5) is 25.2. The highest BCUT2D eigenvalue weighted by atomic mass is 16.2. The van der Waals surface area contributed by atoms with Gasteiger partial charge in [-0.2, -0.15) is 0 Å². The Morgan fingerprint density at radius 2 is 2.00 bits per heavy atom. The van der Waals surface area contributed by atoms with Gasteiger partial charge in [0.2, 0.25) is 11.8 Å². The van der Waals surface area contributed by atoms with E-state index in [2.05, 4.69) is 10.6 Å². The zero-order chi connectivity index (χ0) is 13.2. The van der Waals surface area contributed by atoms with E-state index in [1.807, 2.05) is 24.3 Å². The maximum atomic E-state index is 11.8. The van der Waals surface area contributed by atoms with Crippen molar-refractivity contribution in [1.82, 2.24) is 5.32 Å². The third-order valence-corrected chi connectivity index (χ3v) is 3.67. The number of hydrogen-bond donors (Lipinski definition) is 2. The molecule has 2 aliphatic rings. The summed E-state index contributed by atoms with van der Waals surface area (Å²) in [6, 6.07) is 7.48. The molecule has 2 aliphatic heterocycles. The van der Waals surface area contributed by atoms with Crippen molar-refractivity contribution < 1.29 is 9.59 Å². The topological polar surface area (TPSA) is 61.4 Å². The molecule has 2 amide bonds. The minimum absolute atomic E-state index is 0.0590. The smallest absolute Gasteiger partial charge is 0.230 e. The predicted molar refractivity (Wildman–Crippen MR) is 73.0 cm³/mol. The largest absolute Gasteiger partial charge is 0.326 e. The molecule has 5 nitrogen and oxygen atoms in total. The molecule has 0 spiro atoms. The Hall–Kier alpha value is -1.88. The van der Waals surface area contributed by atoms with Crippen LogP contribution in [-0.2, 0) is 9.59 Å². The molecule has 2 heterocycles. The maximum Gasteiger partial charge on any atom is 0.230 e. The zero-order valence-corrected chi connectivity index (χ0v) is 10.7. The molecule has 0 radical (unpaired) electrons. The molecule has 1 aromatic rings. The number of anilines is 2. The lowest BCUT2D eigenvalue weighted by molar-refractivity contribution is -0.121. The quantitative estimate of drug-likeness (QED) is 0.850. The van der Waals surface area contributed by atoms with E-state index >= 15 is 0 Å². The molecule has 0 saturated carbocycles. The van der Waals surface area contributed by atoms with Crippen molar-refractivity contribution in [2.24, 2.45) is 5.92 Å². The van der Waals surface area contributed by atoms with E-state index in [0.717, 1.165) is 37.4 Å². The van der Waals surface area contributed by atoms with Crippen molar-refractivity contribution in [2.45, 2.75) is 12.8 Å². The molecule has 0 aromatic heterocycles. The van der Waals surface area contributed by atoms with Gasteiger partial charge in [-0.1, -0.05) is 0 Å². The zero-order valence-electron chi connectivity index (χ0n) is 10.7. The summed E-state index contributed by atoms with van der Waals surface area (Å²) in [5.41, 5.74) is 1.69. The van der Waals surface area contributed by atoms with Gasteiger partial charge in [-0.05, 0) is 30.7 Å². The number of benzene rings is 1. The fourth-order valence-corrected chi connectivity index (χ4v) is 2.36. The number of rotatable bonds is 3. The highest BCUT2D eigenvalue weighted by Crippen LogP contribution is 2.23. The van der Waals surface area contributed by atoms with Crippen molar-refractivity contribution in [1.29, 1.82) is 0 Å². The minimum Gasteiger partial charge on any atom is -0.326 e. The first-order chi connectivity index (χ1) is 9.24. The lowest BCUT2D eigenvalue weighted by Gasteiger charge is -2.25. The second-order valence-corrected chi connectivity index (χ2v) is 5.04. The molecule has 0 bridgehead atoms. The normalized spacial score (nSPS) is 19.4. The first-order valence-corrected chi connectivity index (χ1v) is 6.66. The van der Waals surface area contributed by atoms with Crippen molar-refractivity contribution >= 4 is 23.2 Å². The summed E-state index contributed by atoms with van der Waals surface area (Å²) in [7, 11) is 0. The first-order valence-electron chi connectivity index (χ1n) is 6.66. The van der Waals surface area contributed by atoms with Crippen LogP contribution in [0.1, 0.15) is 12.8 Å². The van der Waals surface area contributed by atoms with Crippen LogP contribution in [0.25, 0.3) is 0 Å². The van der Waals surface area contributed by atoms with Gasteiger partial charge in [0.05, 0.1) is 5.92 Å². The van der Waals surface area contributed by atoms with Crippen LogP contribution in [0.5, 0.6) is 0 Å². The molecule has 19 heavy (non-hydrogen) atoms. The monoisotopic (exact) mass is 259 g/mol. The van der Waals surface area contributed by atoms with Gasteiger partial charge in [0.25, 0.3) is 0 Å². The van der Waals surface area contributed by atoms with Crippen LogP contribution < -0.4 is 15.5 Å².